The second kappa shape index (κ2) is 7.15. The number of alkyl halides is 3. The number of halogens is 3. The Morgan fingerprint density at radius 1 is 1.14 bits per heavy atom. The van der Waals surface area contributed by atoms with Crippen LogP contribution < -0.4 is 5.32 Å². The summed E-state index contributed by atoms with van der Waals surface area (Å²) in [6, 6.07) is 3.88. The van der Waals surface area contributed by atoms with Crippen LogP contribution in [0.4, 0.5) is 19.0 Å². The quantitative estimate of drug-likeness (QED) is 0.632. The Kier molecular flexibility index (Phi) is 4.65. The van der Waals surface area contributed by atoms with Gasteiger partial charge in [-0.05, 0) is 24.1 Å². The Balaban J connectivity index is 1.41. The molecule has 0 saturated carbocycles. The van der Waals surface area contributed by atoms with Crippen LogP contribution in [0.3, 0.4) is 0 Å². The van der Waals surface area contributed by atoms with Gasteiger partial charge >= 0.3 is 6.18 Å². The molecule has 2 amide bonds. The van der Waals surface area contributed by atoms with E-state index >= 15 is 0 Å². The maximum Gasteiger partial charge on any atom is 0.416 e. The summed E-state index contributed by atoms with van der Waals surface area (Å²) >= 11 is 0. The summed E-state index contributed by atoms with van der Waals surface area (Å²) in [4.78, 5) is 41.0. The third kappa shape index (κ3) is 3.75. The zero-order valence-electron chi connectivity index (χ0n) is 14.9. The SMILES string of the molecule is O=C1C[C@H](Nc2ncnc3nc[nH]c23)C(=O)N1CCc1ccc(C(F)(F)F)cc1. The van der Waals surface area contributed by atoms with Gasteiger partial charge in [0.2, 0.25) is 5.91 Å². The van der Waals surface area contributed by atoms with Crippen molar-refractivity contribution in [2.75, 3.05) is 11.9 Å². The topological polar surface area (TPSA) is 104 Å². The molecule has 3 heterocycles. The van der Waals surface area contributed by atoms with Crippen molar-refractivity contribution in [3.63, 3.8) is 0 Å². The lowest BCUT2D eigenvalue weighted by Gasteiger charge is -2.16. The number of H-pyrrole nitrogens is 1. The molecule has 4 rings (SSSR count). The summed E-state index contributed by atoms with van der Waals surface area (Å²) in [6.07, 6.45) is -1.43. The molecule has 0 aliphatic carbocycles. The van der Waals surface area contributed by atoms with Crippen LogP contribution in [0.5, 0.6) is 0 Å². The zero-order valence-corrected chi connectivity index (χ0v) is 14.9. The lowest BCUT2D eigenvalue weighted by Crippen LogP contribution is -2.36. The summed E-state index contributed by atoms with van der Waals surface area (Å²) in [5.74, 6) is -0.397. The maximum absolute atomic E-state index is 12.6. The lowest BCUT2D eigenvalue weighted by molar-refractivity contribution is -0.139. The Hall–Kier alpha value is -3.50. The number of likely N-dealkylation sites (tertiary alicyclic amines) is 1. The molecule has 8 nitrogen and oxygen atoms in total. The van der Waals surface area contributed by atoms with E-state index in [0.29, 0.717) is 22.5 Å². The first-order valence-corrected chi connectivity index (χ1v) is 8.74. The van der Waals surface area contributed by atoms with Gasteiger partial charge in [-0.2, -0.15) is 13.2 Å². The molecule has 1 aliphatic heterocycles. The molecule has 0 radical (unpaired) electrons. The minimum absolute atomic E-state index is 0.0362. The minimum atomic E-state index is -4.40. The van der Waals surface area contributed by atoms with Crippen LogP contribution in [0.2, 0.25) is 0 Å². The van der Waals surface area contributed by atoms with Gasteiger partial charge in [-0.15, -0.1) is 0 Å². The van der Waals surface area contributed by atoms with Crippen molar-refractivity contribution in [1.82, 2.24) is 24.8 Å². The molecule has 1 aliphatic rings. The molecule has 0 unspecified atom stereocenters. The molecule has 0 bridgehead atoms. The number of carbonyl (C=O) groups excluding carboxylic acids is 2. The fourth-order valence-electron chi connectivity index (χ4n) is 3.17. The molecule has 2 N–H and O–H groups in total. The molecule has 11 heteroatoms. The fourth-order valence-corrected chi connectivity index (χ4v) is 3.17. The number of nitrogens with zero attached hydrogens (tertiary/aromatic N) is 4. The monoisotopic (exact) mass is 404 g/mol. The Morgan fingerprint density at radius 2 is 1.90 bits per heavy atom. The average Bonchev–Trinajstić information content (AvgIpc) is 3.26. The van der Waals surface area contributed by atoms with Crippen molar-refractivity contribution in [2.24, 2.45) is 0 Å². The van der Waals surface area contributed by atoms with Crippen LogP contribution in [-0.4, -0.2) is 49.2 Å². The molecule has 2 aromatic heterocycles. The number of nitrogens with one attached hydrogen (secondary N) is 2. The number of imidazole rings is 1. The summed E-state index contributed by atoms with van der Waals surface area (Å²) < 4.78 is 37.9. The van der Waals surface area contributed by atoms with E-state index < -0.39 is 23.7 Å². The van der Waals surface area contributed by atoms with Crippen LogP contribution in [0.1, 0.15) is 17.5 Å². The van der Waals surface area contributed by atoms with E-state index in [1.54, 1.807) is 0 Å². The standard InChI is InChI=1S/C18H15F3N6O2/c19-18(20,21)11-3-1-10(2-4-11)5-6-27-13(28)7-12(17(27)29)26-16-14-15(23-8-22-14)24-9-25-16/h1-4,8-9,12H,5-7H2,(H2,22,23,24,25,26)/t12-/m0/s1. The molecule has 0 spiro atoms. The van der Waals surface area contributed by atoms with E-state index in [2.05, 4.69) is 25.3 Å². The van der Waals surface area contributed by atoms with Gasteiger partial charge < -0.3 is 10.3 Å². The van der Waals surface area contributed by atoms with E-state index in [4.69, 9.17) is 0 Å². The van der Waals surface area contributed by atoms with Gasteiger partial charge in [-0.3, -0.25) is 14.5 Å². The van der Waals surface area contributed by atoms with Crippen molar-refractivity contribution >= 4 is 28.8 Å². The number of carbonyl (C=O) groups is 2. The number of imide groups is 1. The summed E-state index contributed by atoms with van der Waals surface area (Å²) in [5, 5.41) is 2.94. The van der Waals surface area contributed by atoms with E-state index in [1.165, 1.54) is 24.8 Å². The first-order chi connectivity index (χ1) is 13.8. The minimum Gasteiger partial charge on any atom is -0.356 e. The Bertz CT molecular complexity index is 1060. The normalized spacial score (nSPS) is 17.3. The van der Waals surface area contributed by atoms with Crippen molar-refractivity contribution in [3.05, 3.63) is 48.0 Å². The predicted octanol–water partition coefficient (Wildman–Crippen LogP) is 2.15. The number of fused-ring (bicyclic) bond motifs is 1. The third-order valence-corrected chi connectivity index (χ3v) is 4.68. The van der Waals surface area contributed by atoms with Crippen LogP contribution in [0, 0.1) is 0 Å². The number of hydrogen-bond donors (Lipinski definition) is 2. The maximum atomic E-state index is 12.6. The van der Waals surface area contributed by atoms with Gasteiger partial charge in [0.25, 0.3) is 5.91 Å². The molecular formula is C18H15F3N6O2. The molecule has 1 atom stereocenters. The van der Waals surface area contributed by atoms with Gasteiger partial charge in [0.05, 0.1) is 18.3 Å². The van der Waals surface area contributed by atoms with Gasteiger partial charge in [-0.25, -0.2) is 15.0 Å². The molecule has 3 aromatic rings. The van der Waals surface area contributed by atoms with E-state index in [-0.39, 0.29) is 25.3 Å². The number of amides is 2. The number of benzene rings is 1. The molecule has 29 heavy (non-hydrogen) atoms. The summed E-state index contributed by atoms with van der Waals surface area (Å²) in [5.41, 5.74) is 0.813. The van der Waals surface area contributed by atoms with Crippen molar-refractivity contribution in [3.8, 4) is 0 Å². The predicted molar refractivity (Wildman–Crippen MR) is 95.6 cm³/mol. The van der Waals surface area contributed by atoms with Crippen molar-refractivity contribution in [1.29, 1.82) is 0 Å². The van der Waals surface area contributed by atoms with Crippen LogP contribution in [-0.2, 0) is 22.2 Å². The van der Waals surface area contributed by atoms with Gasteiger partial charge in [0, 0.05) is 6.54 Å². The number of anilines is 1. The van der Waals surface area contributed by atoms with Crippen molar-refractivity contribution < 1.29 is 22.8 Å². The molecule has 1 saturated heterocycles. The number of aromatic amines is 1. The highest BCUT2D eigenvalue weighted by atomic mass is 19.4. The van der Waals surface area contributed by atoms with Gasteiger partial charge in [-0.1, -0.05) is 12.1 Å². The average molecular weight is 404 g/mol. The molecule has 150 valence electrons. The molecular weight excluding hydrogens is 389 g/mol. The van der Waals surface area contributed by atoms with Crippen LogP contribution in [0.25, 0.3) is 11.2 Å². The Labute approximate surface area is 162 Å². The smallest absolute Gasteiger partial charge is 0.356 e. The lowest BCUT2D eigenvalue weighted by atomic mass is 10.1. The highest BCUT2D eigenvalue weighted by Crippen LogP contribution is 2.29. The first-order valence-electron chi connectivity index (χ1n) is 8.74. The Morgan fingerprint density at radius 3 is 2.62 bits per heavy atom. The van der Waals surface area contributed by atoms with E-state index in [0.717, 1.165) is 17.0 Å². The number of hydrogen-bond acceptors (Lipinski definition) is 6. The molecule has 1 aromatic carbocycles. The highest BCUT2D eigenvalue weighted by molar-refractivity contribution is 6.07. The second-order valence-corrected chi connectivity index (χ2v) is 6.55. The number of aromatic nitrogens is 4. The van der Waals surface area contributed by atoms with Gasteiger partial charge in [0.1, 0.15) is 17.9 Å². The fraction of sp³-hybridized carbons (Fsp3) is 0.278. The second-order valence-electron chi connectivity index (χ2n) is 6.55. The van der Waals surface area contributed by atoms with Crippen LogP contribution >= 0.6 is 0 Å². The zero-order chi connectivity index (χ0) is 20.6. The molecule has 1 fully saturated rings. The largest absolute Gasteiger partial charge is 0.416 e. The van der Waals surface area contributed by atoms with Crippen molar-refractivity contribution in [2.45, 2.75) is 25.1 Å². The third-order valence-electron chi connectivity index (χ3n) is 4.68. The summed E-state index contributed by atoms with van der Waals surface area (Å²) in [7, 11) is 0. The van der Waals surface area contributed by atoms with Crippen LogP contribution in [0.15, 0.2) is 36.9 Å². The highest BCUT2D eigenvalue weighted by Gasteiger charge is 2.38. The van der Waals surface area contributed by atoms with E-state index in [9.17, 15) is 22.8 Å². The van der Waals surface area contributed by atoms with E-state index in [1.807, 2.05) is 0 Å². The number of rotatable bonds is 5. The van der Waals surface area contributed by atoms with Gasteiger partial charge in [0.15, 0.2) is 11.5 Å². The first kappa shape index (κ1) is 18.8. The summed E-state index contributed by atoms with van der Waals surface area (Å²) in [6.45, 7) is 0.0878.